The lowest BCUT2D eigenvalue weighted by atomic mass is 9.88. The molecule has 45 heavy (non-hydrogen) atoms. The van der Waals surface area contributed by atoms with Gasteiger partial charge >= 0.3 is 0 Å². The Balaban J connectivity index is 0.00000115. The number of hydrogen-bond acceptors (Lipinski definition) is 5. The molecule has 1 aromatic heterocycles. The predicted octanol–water partition coefficient (Wildman–Crippen LogP) is 6.64. The second-order valence-corrected chi connectivity index (χ2v) is 11.8. The van der Waals surface area contributed by atoms with Crippen LogP contribution in [0.25, 0.3) is 22.2 Å². The van der Waals surface area contributed by atoms with Crippen LogP contribution in [0.15, 0.2) is 78.9 Å². The second-order valence-electron chi connectivity index (χ2n) is 11.8. The van der Waals surface area contributed by atoms with Gasteiger partial charge in [0.05, 0.1) is 11.0 Å². The van der Waals surface area contributed by atoms with Gasteiger partial charge in [0.2, 0.25) is 0 Å². The van der Waals surface area contributed by atoms with Crippen LogP contribution in [0.3, 0.4) is 0 Å². The molecule has 0 spiro atoms. The first-order valence-corrected chi connectivity index (χ1v) is 15.0. The van der Waals surface area contributed by atoms with E-state index in [9.17, 15) is 14.3 Å². The molecule has 2 aliphatic heterocycles. The maximum absolute atomic E-state index is 14.5. The lowest BCUT2D eigenvalue weighted by Gasteiger charge is -2.29. The summed E-state index contributed by atoms with van der Waals surface area (Å²) >= 11 is 0. The number of imidazole rings is 1. The van der Waals surface area contributed by atoms with Gasteiger partial charge in [-0.05, 0) is 104 Å². The van der Waals surface area contributed by atoms with E-state index in [-0.39, 0.29) is 23.7 Å². The number of likely N-dealkylation sites (tertiary alicyclic amines) is 1. The van der Waals surface area contributed by atoms with E-state index in [0.717, 1.165) is 46.4 Å². The van der Waals surface area contributed by atoms with Crippen LogP contribution in [-0.4, -0.2) is 62.5 Å². The van der Waals surface area contributed by atoms with Crippen LogP contribution in [0, 0.1) is 12.7 Å². The van der Waals surface area contributed by atoms with E-state index >= 15 is 0 Å². The molecular formula is C36H35FN4O4. The maximum Gasteiger partial charge on any atom is 0.290 e. The highest BCUT2D eigenvalue weighted by Crippen LogP contribution is 2.40. The van der Waals surface area contributed by atoms with E-state index in [4.69, 9.17) is 14.9 Å². The van der Waals surface area contributed by atoms with Crippen molar-refractivity contribution in [2.24, 2.45) is 0 Å². The Hall–Kier alpha value is -5.02. The number of rotatable bonds is 5. The van der Waals surface area contributed by atoms with Crippen LogP contribution >= 0.6 is 0 Å². The molecule has 4 aromatic carbocycles. The van der Waals surface area contributed by atoms with Gasteiger partial charge < -0.3 is 25.0 Å². The Bertz CT molecular complexity index is 1860. The third kappa shape index (κ3) is 5.91. The number of carbonyl (C=O) groups is 2. The van der Waals surface area contributed by atoms with Gasteiger partial charge in [-0.2, -0.15) is 0 Å². The van der Waals surface area contributed by atoms with Gasteiger partial charge in [0.1, 0.15) is 23.4 Å². The summed E-state index contributed by atoms with van der Waals surface area (Å²) in [4.78, 5) is 34.6. The smallest absolute Gasteiger partial charge is 0.290 e. The minimum absolute atomic E-state index is 0.0901. The molecule has 3 N–H and O–H groups in total. The number of nitrogens with zero attached hydrogens (tertiary/aromatic N) is 3. The number of aromatic nitrogens is 2. The fourth-order valence-corrected chi connectivity index (χ4v) is 6.53. The first-order valence-electron chi connectivity index (χ1n) is 15.0. The number of halogens is 1. The molecule has 1 amide bonds. The largest absolute Gasteiger partial charge is 0.508 e. The Morgan fingerprint density at radius 3 is 2.42 bits per heavy atom. The van der Waals surface area contributed by atoms with Gasteiger partial charge in [0, 0.05) is 17.7 Å². The highest BCUT2D eigenvalue weighted by molar-refractivity contribution is 6.00. The van der Waals surface area contributed by atoms with E-state index in [1.807, 2.05) is 37.3 Å². The second kappa shape index (κ2) is 12.5. The van der Waals surface area contributed by atoms with Crippen molar-refractivity contribution in [2.45, 2.75) is 38.3 Å². The van der Waals surface area contributed by atoms with Gasteiger partial charge in [-0.1, -0.05) is 48.5 Å². The summed E-state index contributed by atoms with van der Waals surface area (Å²) in [5, 5.41) is 17.7. The van der Waals surface area contributed by atoms with E-state index in [1.165, 1.54) is 36.6 Å². The lowest BCUT2D eigenvalue weighted by molar-refractivity contribution is -0.122. The fraction of sp³-hybridized carbons (Fsp3) is 0.250. The van der Waals surface area contributed by atoms with Crippen LogP contribution in [0.5, 0.6) is 5.75 Å². The number of aromatic amines is 1. The highest BCUT2D eigenvalue weighted by Gasteiger charge is 2.37. The molecule has 7 rings (SSSR count). The van der Waals surface area contributed by atoms with E-state index in [0.29, 0.717) is 23.9 Å². The van der Waals surface area contributed by atoms with Crippen LogP contribution in [0.4, 0.5) is 4.39 Å². The van der Waals surface area contributed by atoms with Gasteiger partial charge in [-0.15, -0.1) is 0 Å². The molecule has 1 atom stereocenters. The molecule has 1 fully saturated rings. The minimum Gasteiger partial charge on any atom is -0.508 e. The number of nitrogens with one attached hydrogen (secondary N) is 1. The van der Waals surface area contributed by atoms with Crippen molar-refractivity contribution in [2.75, 3.05) is 20.1 Å². The molecule has 230 valence electrons. The Morgan fingerprint density at radius 2 is 1.71 bits per heavy atom. The van der Waals surface area contributed by atoms with Crippen LogP contribution in [-0.2, 0) is 11.3 Å². The number of piperidine rings is 1. The Morgan fingerprint density at radius 1 is 1.00 bits per heavy atom. The molecule has 0 radical (unpaired) electrons. The molecule has 3 heterocycles. The summed E-state index contributed by atoms with van der Waals surface area (Å²) in [6.45, 7) is 4.29. The zero-order valence-electron chi connectivity index (χ0n) is 25.2. The summed E-state index contributed by atoms with van der Waals surface area (Å²) in [6.07, 6.45) is 2.34. The number of aryl methyl sites for hydroxylation is 1. The zero-order valence-corrected chi connectivity index (χ0v) is 25.2. The quantitative estimate of drug-likeness (QED) is 0.194. The van der Waals surface area contributed by atoms with Crippen molar-refractivity contribution >= 4 is 23.4 Å². The number of phenols is 1. The Labute approximate surface area is 260 Å². The highest BCUT2D eigenvalue weighted by atomic mass is 19.1. The molecule has 1 saturated heterocycles. The van der Waals surface area contributed by atoms with Gasteiger partial charge in [0.15, 0.2) is 0 Å². The van der Waals surface area contributed by atoms with Crippen molar-refractivity contribution in [3.05, 3.63) is 118 Å². The maximum atomic E-state index is 14.5. The molecule has 0 aliphatic carbocycles. The van der Waals surface area contributed by atoms with Crippen LogP contribution in [0.1, 0.15) is 63.2 Å². The number of amides is 1. The average Bonchev–Trinajstić information content (AvgIpc) is 3.62. The summed E-state index contributed by atoms with van der Waals surface area (Å²) in [5.74, 6) is 0.304. The third-order valence-corrected chi connectivity index (χ3v) is 8.96. The molecular weight excluding hydrogens is 571 g/mol. The third-order valence-electron chi connectivity index (χ3n) is 8.96. The summed E-state index contributed by atoms with van der Waals surface area (Å²) in [5.41, 5.74) is 7.78. The van der Waals surface area contributed by atoms with Crippen molar-refractivity contribution in [3.63, 3.8) is 0 Å². The number of benzene rings is 4. The van der Waals surface area contributed by atoms with Crippen molar-refractivity contribution in [3.8, 4) is 16.9 Å². The zero-order chi connectivity index (χ0) is 31.7. The fourth-order valence-electron chi connectivity index (χ4n) is 6.53. The monoisotopic (exact) mass is 606 g/mol. The first-order chi connectivity index (χ1) is 21.8. The van der Waals surface area contributed by atoms with E-state index < -0.39 is 11.9 Å². The predicted molar refractivity (Wildman–Crippen MR) is 171 cm³/mol. The van der Waals surface area contributed by atoms with Gasteiger partial charge in [-0.3, -0.25) is 9.59 Å². The molecule has 0 bridgehead atoms. The lowest BCUT2D eigenvalue weighted by Crippen LogP contribution is -2.31. The topological polar surface area (TPSA) is 110 Å². The number of carbonyl (C=O) groups excluding carboxylic acids is 1. The molecule has 0 saturated carbocycles. The molecule has 8 nitrogen and oxygen atoms in total. The van der Waals surface area contributed by atoms with Crippen molar-refractivity contribution in [1.82, 2.24) is 19.8 Å². The number of aromatic hydroxyl groups is 1. The van der Waals surface area contributed by atoms with Crippen molar-refractivity contribution < 1.29 is 24.2 Å². The number of carboxylic acid groups (broad SMARTS) is 1. The molecule has 5 aromatic rings. The number of H-pyrrole nitrogens is 1. The SMILES string of the molecule is Cc1cccc2[nH]c(C(c3cc(F)ccc3O)N3Cc4ccc(-c5ccc(C6CCN(C)CC6)cc5)cc4C3=O)nc12.O=CO. The number of hydrogen-bond donors (Lipinski definition) is 3. The van der Waals surface area contributed by atoms with Crippen LogP contribution < -0.4 is 0 Å². The van der Waals surface area contributed by atoms with E-state index in [2.05, 4.69) is 47.3 Å². The van der Waals surface area contributed by atoms with Crippen molar-refractivity contribution in [1.29, 1.82) is 0 Å². The average molecular weight is 607 g/mol. The van der Waals surface area contributed by atoms with Gasteiger partial charge in [-0.25, -0.2) is 9.37 Å². The van der Waals surface area contributed by atoms with Crippen LogP contribution in [0.2, 0.25) is 0 Å². The molecule has 2 aliphatic rings. The Kier molecular flexibility index (Phi) is 8.36. The number of fused-ring (bicyclic) bond motifs is 2. The van der Waals surface area contributed by atoms with E-state index in [1.54, 1.807) is 4.90 Å². The standard InChI is InChI=1S/C35H33FN4O2.CH2O2/c1-21-4-3-5-30-32(21)38-34(37-30)33(29-19-27(36)12-13-31(29)41)40-20-26-11-10-25(18-28(26)35(40)42)23-8-6-22(7-9-23)24-14-16-39(2)17-15-24;2-1-3/h3-13,18-19,24,33,41H,14-17,20H2,1-2H3,(H,37,38);1H,(H,2,3). The summed E-state index contributed by atoms with van der Waals surface area (Å²) < 4.78 is 14.5. The number of para-hydroxylation sites is 1. The summed E-state index contributed by atoms with van der Waals surface area (Å²) in [7, 11) is 2.18. The molecule has 9 heteroatoms. The summed E-state index contributed by atoms with van der Waals surface area (Å²) in [6, 6.07) is 23.6. The number of phenolic OH excluding ortho intramolecular Hbond substituents is 1. The molecule has 1 unspecified atom stereocenters. The minimum atomic E-state index is -0.801. The van der Waals surface area contributed by atoms with Gasteiger partial charge in [0.25, 0.3) is 12.4 Å². The first kappa shape index (κ1) is 30.0. The normalized spacial score (nSPS) is 15.9.